The van der Waals surface area contributed by atoms with Crippen LogP contribution in [0, 0.1) is 10.4 Å². The maximum absolute atomic E-state index is 11.7. The highest BCUT2D eigenvalue weighted by Gasteiger charge is 2.18. The van der Waals surface area contributed by atoms with Crippen LogP contribution in [0.5, 0.6) is 0 Å². The lowest BCUT2D eigenvalue weighted by atomic mass is 10.0. The Balaban J connectivity index is 2.02. The minimum absolute atomic E-state index is 0.326. The summed E-state index contributed by atoms with van der Waals surface area (Å²) in [6.07, 6.45) is 3.58. The topological polar surface area (TPSA) is 39.2 Å². The maximum Gasteiger partial charge on any atom is 0.345 e. The normalized spacial score (nSPS) is 14.0. The summed E-state index contributed by atoms with van der Waals surface area (Å²) in [5.41, 5.74) is 2.55. The monoisotopic (exact) mass is 271 g/mol. The van der Waals surface area contributed by atoms with Gasteiger partial charge in [0.15, 0.2) is 0 Å². The van der Waals surface area contributed by atoms with Gasteiger partial charge < -0.3 is 4.74 Å². The number of benzene rings is 2. The second kappa shape index (κ2) is 3.58. The van der Waals surface area contributed by atoms with Crippen LogP contribution in [-0.2, 0) is 4.74 Å². The van der Waals surface area contributed by atoms with E-state index in [9.17, 15) is 4.79 Å². The maximum atomic E-state index is 11.7. The van der Waals surface area contributed by atoms with Crippen LogP contribution in [0.1, 0.15) is 15.9 Å². The van der Waals surface area contributed by atoms with E-state index in [2.05, 4.69) is 29.3 Å². The van der Waals surface area contributed by atoms with Crippen molar-refractivity contribution in [3.05, 3.63) is 74.6 Å². The number of cyclic esters (lactones) is 1. The zero-order valence-electron chi connectivity index (χ0n) is 11.0. The minimum Gasteiger partial charge on any atom is -0.429 e. The first kappa shape index (κ1) is 10.8. The molecule has 98 valence electrons. The lowest BCUT2D eigenvalue weighted by Crippen LogP contribution is -2.12. The van der Waals surface area contributed by atoms with Crippen LogP contribution in [0.25, 0.3) is 23.2 Å². The van der Waals surface area contributed by atoms with E-state index < -0.39 is 0 Å². The zero-order chi connectivity index (χ0) is 14.0. The Bertz CT molecular complexity index is 1180. The van der Waals surface area contributed by atoms with Crippen molar-refractivity contribution in [3.63, 3.8) is 0 Å². The Morgan fingerprint density at radius 2 is 1.90 bits per heavy atom. The Morgan fingerprint density at radius 3 is 2.86 bits per heavy atom. The predicted molar refractivity (Wildman–Crippen MR) is 78.6 cm³/mol. The number of rotatable bonds is 0. The molecule has 0 unspecified atom stereocenters. The van der Waals surface area contributed by atoms with Crippen molar-refractivity contribution in [3.8, 4) is 0 Å². The molecule has 2 aromatic carbocycles. The Kier molecular flexibility index (Phi) is 1.84. The molecule has 2 heterocycles. The first-order valence-corrected chi connectivity index (χ1v) is 6.77. The Labute approximate surface area is 119 Å². The van der Waals surface area contributed by atoms with Gasteiger partial charge in [0.25, 0.3) is 0 Å². The smallest absolute Gasteiger partial charge is 0.345 e. The number of fused-ring (bicyclic) bond motifs is 5. The summed E-state index contributed by atoms with van der Waals surface area (Å²) in [6.45, 7) is 0. The first-order valence-electron chi connectivity index (χ1n) is 6.77. The zero-order valence-corrected chi connectivity index (χ0v) is 11.0. The highest BCUT2D eigenvalue weighted by molar-refractivity contribution is 5.99. The highest BCUT2D eigenvalue weighted by Crippen LogP contribution is 2.22. The third-order valence-electron chi connectivity index (χ3n) is 4.12. The third kappa shape index (κ3) is 1.32. The Hall–Kier alpha value is -2.94. The molecule has 3 heteroatoms. The van der Waals surface area contributed by atoms with E-state index in [4.69, 9.17) is 4.74 Å². The van der Waals surface area contributed by atoms with Crippen LogP contribution in [0.4, 0.5) is 0 Å². The number of aromatic nitrogens is 1. The van der Waals surface area contributed by atoms with Crippen molar-refractivity contribution < 1.29 is 9.53 Å². The molecule has 0 spiro atoms. The van der Waals surface area contributed by atoms with Gasteiger partial charge in [0.1, 0.15) is 11.6 Å². The lowest BCUT2D eigenvalue weighted by Gasteiger charge is -2.02. The van der Waals surface area contributed by atoms with Gasteiger partial charge in [0, 0.05) is 5.39 Å². The van der Waals surface area contributed by atoms with E-state index in [0.717, 1.165) is 16.5 Å². The third-order valence-corrected chi connectivity index (χ3v) is 4.12. The molecule has 0 radical (unpaired) electrons. The van der Waals surface area contributed by atoms with Crippen molar-refractivity contribution in [1.29, 1.82) is 0 Å². The number of pyridine rings is 1. The molecule has 1 aliphatic carbocycles. The minimum atomic E-state index is -0.326. The van der Waals surface area contributed by atoms with Gasteiger partial charge in [-0.3, -0.25) is 0 Å². The van der Waals surface area contributed by atoms with Crippen molar-refractivity contribution in [2.45, 2.75) is 0 Å². The number of nitrogens with zero attached hydrogens (tertiary/aromatic N) is 1. The summed E-state index contributed by atoms with van der Waals surface area (Å²) in [6, 6.07) is 14.3. The molecule has 3 aromatic rings. The van der Waals surface area contributed by atoms with Gasteiger partial charge in [-0.15, -0.1) is 0 Å². The van der Waals surface area contributed by atoms with Gasteiger partial charge in [-0.05, 0) is 39.4 Å². The predicted octanol–water partition coefficient (Wildman–Crippen LogP) is 1.57. The summed E-state index contributed by atoms with van der Waals surface area (Å²) in [7, 11) is 0. The standard InChI is InChI=1S/C18H9NO2/c20-18-15-8-14-13-7-10-3-1-2-4-11(10)12(13)5-6-16(14)19-17(15)9-21-18/h1-9H. The van der Waals surface area contributed by atoms with E-state index in [1.54, 1.807) is 0 Å². The molecule has 0 amide bonds. The quantitative estimate of drug-likeness (QED) is 0.456. The molecule has 1 aliphatic heterocycles. The van der Waals surface area contributed by atoms with E-state index in [1.807, 2.05) is 24.3 Å². The van der Waals surface area contributed by atoms with Crippen LogP contribution in [0.2, 0.25) is 0 Å². The second-order valence-corrected chi connectivity index (χ2v) is 5.27. The SMILES string of the molecule is O=C1OC=c2nc3ccc4c(c3cc21)C=c1ccccc1=4. The number of hydrogen-bond donors (Lipinski definition) is 0. The molecule has 21 heavy (non-hydrogen) atoms. The van der Waals surface area contributed by atoms with Gasteiger partial charge in [0.05, 0.1) is 11.1 Å². The van der Waals surface area contributed by atoms with Crippen LogP contribution in [0.15, 0.2) is 42.5 Å². The fourth-order valence-corrected chi connectivity index (χ4v) is 3.12. The molecule has 0 fully saturated rings. The molecule has 0 saturated heterocycles. The van der Waals surface area contributed by atoms with Gasteiger partial charge in [-0.1, -0.05) is 30.3 Å². The molecular formula is C18H9NO2. The summed E-state index contributed by atoms with van der Waals surface area (Å²) in [5, 5.41) is 5.23. The average Bonchev–Trinajstić information content (AvgIpc) is 3.06. The summed E-state index contributed by atoms with van der Waals surface area (Å²) in [5.74, 6) is -0.326. The molecule has 5 rings (SSSR count). The second-order valence-electron chi connectivity index (χ2n) is 5.27. The van der Waals surface area contributed by atoms with Crippen LogP contribution in [-0.4, -0.2) is 11.0 Å². The highest BCUT2D eigenvalue weighted by atomic mass is 16.5. The molecule has 0 bridgehead atoms. The molecule has 0 atom stereocenters. The summed E-state index contributed by atoms with van der Waals surface area (Å²) >= 11 is 0. The number of carbonyl (C=O) groups is 1. The summed E-state index contributed by atoms with van der Waals surface area (Å²) < 4.78 is 4.94. The fraction of sp³-hybridized carbons (Fsp3) is 0. The lowest BCUT2D eigenvalue weighted by molar-refractivity contribution is 0.0722. The Morgan fingerprint density at radius 1 is 1.00 bits per heavy atom. The molecule has 3 nitrogen and oxygen atoms in total. The molecule has 0 N–H and O–H groups in total. The van der Waals surface area contributed by atoms with E-state index in [-0.39, 0.29) is 5.97 Å². The molecule has 0 saturated carbocycles. The van der Waals surface area contributed by atoms with Gasteiger partial charge in [-0.2, -0.15) is 0 Å². The fourth-order valence-electron chi connectivity index (χ4n) is 3.12. The van der Waals surface area contributed by atoms with E-state index in [0.29, 0.717) is 10.9 Å². The van der Waals surface area contributed by atoms with Crippen LogP contribution >= 0.6 is 0 Å². The average molecular weight is 271 g/mol. The van der Waals surface area contributed by atoms with E-state index in [1.165, 1.54) is 21.9 Å². The van der Waals surface area contributed by atoms with Crippen LogP contribution in [0.3, 0.4) is 0 Å². The number of hydrogen-bond acceptors (Lipinski definition) is 3. The van der Waals surface area contributed by atoms with E-state index >= 15 is 0 Å². The number of esters is 1. The van der Waals surface area contributed by atoms with Crippen molar-refractivity contribution in [2.75, 3.05) is 0 Å². The largest absolute Gasteiger partial charge is 0.429 e. The van der Waals surface area contributed by atoms with Gasteiger partial charge >= 0.3 is 5.97 Å². The van der Waals surface area contributed by atoms with Crippen LogP contribution < -0.4 is 10.6 Å². The number of carbonyl (C=O) groups excluding carboxylic acids is 1. The van der Waals surface area contributed by atoms with Gasteiger partial charge in [0.2, 0.25) is 0 Å². The van der Waals surface area contributed by atoms with Crippen molar-refractivity contribution >= 4 is 29.2 Å². The molecular weight excluding hydrogens is 262 g/mol. The first-order chi connectivity index (χ1) is 10.3. The summed E-state index contributed by atoms with van der Waals surface area (Å²) in [4.78, 5) is 16.2. The number of ether oxygens (including phenoxy) is 1. The van der Waals surface area contributed by atoms with Crippen molar-refractivity contribution in [1.82, 2.24) is 4.98 Å². The van der Waals surface area contributed by atoms with Crippen molar-refractivity contribution in [2.24, 2.45) is 0 Å². The molecule has 2 aliphatic rings. The van der Waals surface area contributed by atoms with Gasteiger partial charge in [-0.25, -0.2) is 9.78 Å². The molecule has 1 aromatic heterocycles.